The summed E-state index contributed by atoms with van der Waals surface area (Å²) in [5.74, 6) is -4.72. The van der Waals surface area contributed by atoms with Crippen molar-refractivity contribution in [2.75, 3.05) is 10.6 Å². The Bertz CT molecular complexity index is 715. The zero-order valence-electron chi connectivity index (χ0n) is 11.4. The molecule has 0 spiro atoms. The number of nitrogens with one attached hydrogen (secondary N) is 2. The van der Waals surface area contributed by atoms with E-state index < -0.39 is 28.9 Å². The molecule has 7 heteroatoms. The van der Waals surface area contributed by atoms with Crippen LogP contribution >= 0.6 is 0 Å². The van der Waals surface area contributed by atoms with Gasteiger partial charge in [0.1, 0.15) is 5.82 Å². The van der Waals surface area contributed by atoms with E-state index in [9.17, 15) is 18.0 Å². The lowest BCUT2D eigenvalue weighted by Crippen LogP contribution is -2.15. The molecule has 1 aliphatic carbocycles. The third kappa shape index (κ3) is 3.03. The van der Waals surface area contributed by atoms with Crippen LogP contribution in [0.4, 0.5) is 24.7 Å². The number of benzene rings is 1. The standard InChI is InChI=1S/C15H12F3N3O/c16-11-5-4-10(13(17)14(11)18)15(22)21-9-3-6-12(19-7-9)20-8-1-2-8/h3-8H,1-2H2,(H,19,20)(H,21,22). The van der Waals surface area contributed by atoms with Crippen molar-refractivity contribution >= 4 is 17.4 Å². The van der Waals surface area contributed by atoms with Crippen LogP contribution in [0.5, 0.6) is 0 Å². The number of aromatic nitrogens is 1. The summed E-state index contributed by atoms with van der Waals surface area (Å²) >= 11 is 0. The van der Waals surface area contributed by atoms with Gasteiger partial charge in [0.25, 0.3) is 5.91 Å². The predicted octanol–water partition coefficient (Wildman–Crippen LogP) is 3.33. The third-order valence-electron chi connectivity index (χ3n) is 3.23. The van der Waals surface area contributed by atoms with Crippen LogP contribution in [0.1, 0.15) is 23.2 Å². The van der Waals surface area contributed by atoms with Gasteiger partial charge < -0.3 is 10.6 Å². The Kier molecular flexibility index (Phi) is 3.70. The molecule has 1 aliphatic rings. The van der Waals surface area contributed by atoms with Crippen molar-refractivity contribution in [3.63, 3.8) is 0 Å². The van der Waals surface area contributed by atoms with Gasteiger partial charge in [0.15, 0.2) is 17.5 Å². The molecule has 4 nitrogen and oxygen atoms in total. The van der Waals surface area contributed by atoms with E-state index in [1.165, 1.54) is 6.20 Å². The van der Waals surface area contributed by atoms with Crippen LogP contribution in [0.15, 0.2) is 30.5 Å². The van der Waals surface area contributed by atoms with Crippen molar-refractivity contribution in [3.05, 3.63) is 53.5 Å². The summed E-state index contributed by atoms with van der Waals surface area (Å²) in [6.45, 7) is 0. The number of amides is 1. The van der Waals surface area contributed by atoms with Gasteiger partial charge in [-0.25, -0.2) is 18.2 Å². The van der Waals surface area contributed by atoms with E-state index in [2.05, 4.69) is 15.6 Å². The van der Waals surface area contributed by atoms with E-state index in [4.69, 9.17) is 0 Å². The van der Waals surface area contributed by atoms with Crippen molar-refractivity contribution in [2.24, 2.45) is 0 Å². The Labute approximate surface area is 124 Å². The van der Waals surface area contributed by atoms with Gasteiger partial charge in [0.2, 0.25) is 0 Å². The van der Waals surface area contributed by atoms with E-state index in [-0.39, 0.29) is 0 Å². The molecule has 2 N–H and O–H groups in total. The minimum atomic E-state index is -1.67. The van der Waals surface area contributed by atoms with Crippen LogP contribution in [0, 0.1) is 17.5 Å². The SMILES string of the molecule is O=C(Nc1ccc(NC2CC2)nc1)c1ccc(F)c(F)c1F. The maximum atomic E-state index is 13.5. The number of anilines is 2. The number of halogens is 3. The second-order valence-corrected chi connectivity index (χ2v) is 5.03. The smallest absolute Gasteiger partial charge is 0.258 e. The first-order valence-electron chi connectivity index (χ1n) is 6.72. The molecule has 1 heterocycles. The fourth-order valence-electron chi connectivity index (χ4n) is 1.89. The Morgan fingerprint density at radius 2 is 1.86 bits per heavy atom. The summed E-state index contributed by atoms with van der Waals surface area (Å²) in [6.07, 6.45) is 3.62. The van der Waals surface area contributed by atoms with Gasteiger partial charge in [0, 0.05) is 6.04 Å². The maximum absolute atomic E-state index is 13.5. The van der Waals surface area contributed by atoms with E-state index in [0.29, 0.717) is 23.6 Å². The number of hydrogen-bond donors (Lipinski definition) is 2. The van der Waals surface area contributed by atoms with Gasteiger partial charge in [-0.15, -0.1) is 0 Å². The van der Waals surface area contributed by atoms with Crippen molar-refractivity contribution in [3.8, 4) is 0 Å². The fourth-order valence-corrected chi connectivity index (χ4v) is 1.89. The van der Waals surface area contributed by atoms with E-state index in [0.717, 1.165) is 18.9 Å². The normalized spacial score (nSPS) is 13.8. The second kappa shape index (κ2) is 5.67. The van der Waals surface area contributed by atoms with E-state index in [1.807, 2.05) is 0 Å². The highest BCUT2D eigenvalue weighted by atomic mass is 19.2. The molecular formula is C15H12F3N3O. The van der Waals surface area contributed by atoms with Crippen LogP contribution in [0.3, 0.4) is 0 Å². The van der Waals surface area contributed by atoms with Crippen LogP contribution < -0.4 is 10.6 Å². The molecule has 114 valence electrons. The monoisotopic (exact) mass is 307 g/mol. The summed E-state index contributed by atoms with van der Waals surface area (Å²) in [5.41, 5.74) is -0.241. The number of pyridine rings is 1. The van der Waals surface area contributed by atoms with Crippen molar-refractivity contribution in [1.29, 1.82) is 0 Å². The lowest BCUT2D eigenvalue weighted by Gasteiger charge is -2.08. The number of nitrogens with zero attached hydrogens (tertiary/aromatic N) is 1. The van der Waals surface area contributed by atoms with Gasteiger partial charge >= 0.3 is 0 Å². The number of hydrogen-bond acceptors (Lipinski definition) is 3. The molecule has 0 unspecified atom stereocenters. The summed E-state index contributed by atoms with van der Waals surface area (Å²) in [4.78, 5) is 16.0. The number of rotatable bonds is 4. The molecule has 1 fully saturated rings. The number of carbonyl (C=O) groups excluding carboxylic acids is 1. The highest BCUT2D eigenvalue weighted by molar-refractivity contribution is 6.04. The quantitative estimate of drug-likeness (QED) is 0.852. The second-order valence-electron chi connectivity index (χ2n) is 5.03. The van der Waals surface area contributed by atoms with Crippen LogP contribution in [0.25, 0.3) is 0 Å². The molecule has 1 saturated carbocycles. The predicted molar refractivity (Wildman–Crippen MR) is 75.2 cm³/mol. The molecule has 0 aliphatic heterocycles. The van der Waals surface area contributed by atoms with E-state index >= 15 is 0 Å². The third-order valence-corrected chi connectivity index (χ3v) is 3.23. The minimum absolute atomic E-state index is 0.329. The van der Waals surface area contributed by atoms with Gasteiger partial charge in [-0.1, -0.05) is 0 Å². The van der Waals surface area contributed by atoms with Crippen molar-refractivity contribution in [2.45, 2.75) is 18.9 Å². The zero-order chi connectivity index (χ0) is 15.7. The summed E-state index contributed by atoms with van der Waals surface area (Å²) in [5, 5.41) is 5.56. The first kappa shape index (κ1) is 14.4. The fraction of sp³-hybridized carbons (Fsp3) is 0.200. The molecule has 0 atom stereocenters. The summed E-state index contributed by atoms with van der Waals surface area (Å²) < 4.78 is 39.5. The molecular weight excluding hydrogens is 295 g/mol. The molecule has 0 radical (unpaired) electrons. The molecule has 22 heavy (non-hydrogen) atoms. The minimum Gasteiger partial charge on any atom is -0.367 e. The van der Waals surface area contributed by atoms with Crippen molar-refractivity contribution < 1.29 is 18.0 Å². The van der Waals surface area contributed by atoms with Crippen LogP contribution in [-0.4, -0.2) is 16.9 Å². The Hall–Kier alpha value is -2.57. The molecule has 2 aromatic rings. The average Bonchev–Trinajstić information content (AvgIpc) is 3.31. The van der Waals surface area contributed by atoms with Gasteiger partial charge in [-0.3, -0.25) is 4.79 Å². The summed E-state index contributed by atoms with van der Waals surface area (Å²) in [7, 11) is 0. The van der Waals surface area contributed by atoms with Crippen LogP contribution in [-0.2, 0) is 0 Å². The maximum Gasteiger partial charge on any atom is 0.258 e. The lowest BCUT2D eigenvalue weighted by molar-refractivity contribution is 0.102. The van der Waals surface area contributed by atoms with Crippen LogP contribution in [0.2, 0.25) is 0 Å². The largest absolute Gasteiger partial charge is 0.367 e. The van der Waals surface area contributed by atoms with Crippen molar-refractivity contribution in [1.82, 2.24) is 4.98 Å². The number of carbonyl (C=O) groups is 1. The topological polar surface area (TPSA) is 54.0 Å². The highest BCUT2D eigenvalue weighted by Gasteiger charge is 2.21. The summed E-state index contributed by atoms with van der Waals surface area (Å²) in [6, 6.07) is 5.31. The molecule has 1 aromatic carbocycles. The Morgan fingerprint density at radius 3 is 2.50 bits per heavy atom. The first-order chi connectivity index (χ1) is 10.5. The highest BCUT2D eigenvalue weighted by Crippen LogP contribution is 2.24. The van der Waals surface area contributed by atoms with Gasteiger partial charge in [-0.2, -0.15) is 0 Å². The molecule has 0 bridgehead atoms. The molecule has 1 aromatic heterocycles. The first-order valence-corrected chi connectivity index (χ1v) is 6.72. The zero-order valence-corrected chi connectivity index (χ0v) is 11.4. The Morgan fingerprint density at radius 1 is 1.09 bits per heavy atom. The van der Waals surface area contributed by atoms with Gasteiger partial charge in [0.05, 0.1) is 17.4 Å². The lowest BCUT2D eigenvalue weighted by atomic mass is 10.2. The molecule has 1 amide bonds. The van der Waals surface area contributed by atoms with E-state index in [1.54, 1.807) is 12.1 Å². The molecule has 0 saturated heterocycles. The Balaban J connectivity index is 1.72. The average molecular weight is 307 g/mol. The van der Waals surface area contributed by atoms with Gasteiger partial charge in [-0.05, 0) is 37.1 Å². The molecule has 3 rings (SSSR count).